The number of nitrogens with zero attached hydrogens (tertiary/aromatic N) is 1. The molecule has 0 bridgehead atoms. The van der Waals surface area contributed by atoms with E-state index in [9.17, 15) is 14.7 Å². The van der Waals surface area contributed by atoms with Gasteiger partial charge in [-0.25, -0.2) is 4.79 Å². The van der Waals surface area contributed by atoms with Crippen molar-refractivity contribution in [2.24, 2.45) is 61.8 Å². The molecule has 10 atom stereocenters. The molecule has 5 saturated carbocycles. The van der Waals surface area contributed by atoms with Crippen molar-refractivity contribution in [1.29, 1.82) is 0 Å². The van der Waals surface area contributed by atoms with E-state index in [4.69, 9.17) is 9.57 Å². The molecule has 0 spiro atoms. The summed E-state index contributed by atoms with van der Waals surface area (Å²) in [5.41, 5.74) is 2.23. The quantitative estimate of drug-likeness (QED) is 0.169. The lowest BCUT2D eigenvalue weighted by molar-refractivity contribution is -0.233. The average Bonchev–Trinajstić information content (AvgIpc) is 3.28. The fourth-order valence-corrected chi connectivity index (χ4v) is 11.9. The van der Waals surface area contributed by atoms with E-state index in [1.54, 1.807) is 0 Å². The second kappa shape index (κ2) is 9.95. The van der Waals surface area contributed by atoms with Gasteiger partial charge in [0.15, 0.2) is 0 Å². The Morgan fingerprint density at radius 3 is 2.25 bits per heavy atom. The Labute approximate surface area is 241 Å². The predicted octanol–water partition coefficient (Wildman–Crippen LogP) is 7.10. The SMILES string of the molecule is C=C(C)[C@@H]1CC[C@]2(CO)CC[C@]3(C)[C@H](CC[C@@H]4[C@@]5(C)CCC(=NOC(C)=O)[C@@](C)(COC(C)=O)[C@@H]5CC[C@]43C)[C@@H]12. The van der Waals surface area contributed by atoms with Gasteiger partial charge in [0, 0.05) is 25.9 Å². The predicted molar refractivity (Wildman–Crippen MR) is 156 cm³/mol. The number of oxime groups is 1. The molecular formula is C34H53NO5. The molecule has 6 heteroatoms. The number of hydrogen-bond acceptors (Lipinski definition) is 6. The maximum atomic E-state index is 12.0. The molecule has 5 aliphatic rings. The highest BCUT2D eigenvalue weighted by atomic mass is 16.7. The lowest BCUT2D eigenvalue weighted by atomic mass is 9.32. The van der Waals surface area contributed by atoms with E-state index in [-0.39, 0.29) is 40.2 Å². The molecule has 0 saturated heterocycles. The monoisotopic (exact) mass is 555 g/mol. The smallest absolute Gasteiger partial charge is 0.331 e. The zero-order chi connectivity index (χ0) is 29.3. The van der Waals surface area contributed by atoms with Crippen molar-refractivity contribution in [3.8, 4) is 0 Å². The number of hydrogen-bond donors (Lipinski definition) is 1. The van der Waals surface area contributed by atoms with E-state index >= 15 is 0 Å². The topological polar surface area (TPSA) is 85.2 Å². The van der Waals surface area contributed by atoms with Gasteiger partial charge in [0.1, 0.15) is 6.61 Å². The first kappa shape index (κ1) is 29.8. The van der Waals surface area contributed by atoms with Crippen molar-refractivity contribution in [3.05, 3.63) is 12.2 Å². The Morgan fingerprint density at radius 2 is 1.62 bits per heavy atom. The van der Waals surface area contributed by atoms with E-state index < -0.39 is 11.4 Å². The molecule has 0 aromatic carbocycles. The van der Waals surface area contributed by atoms with Gasteiger partial charge in [-0.15, -0.1) is 0 Å². The molecule has 0 aliphatic heterocycles. The van der Waals surface area contributed by atoms with Crippen molar-refractivity contribution in [2.45, 2.75) is 113 Å². The van der Waals surface area contributed by atoms with Crippen LogP contribution in [0.15, 0.2) is 17.3 Å². The molecule has 5 aliphatic carbocycles. The van der Waals surface area contributed by atoms with Crippen molar-refractivity contribution >= 4 is 17.7 Å². The summed E-state index contributed by atoms with van der Waals surface area (Å²) in [7, 11) is 0. The van der Waals surface area contributed by atoms with Crippen LogP contribution in [0.1, 0.15) is 113 Å². The Morgan fingerprint density at radius 1 is 0.900 bits per heavy atom. The fourth-order valence-electron chi connectivity index (χ4n) is 11.9. The minimum atomic E-state index is -0.470. The number of fused-ring (bicyclic) bond motifs is 7. The summed E-state index contributed by atoms with van der Waals surface area (Å²) in [6, 6.07) is 0. The molecule has 0 unspecified atom stereocenters. The molecule has 0 heterocycles. The van der Waals surface area contributed by atoms with E-state index in [0.29, 0.717) is 30.3 Å². The van der Waals surface area contributed by atoms with Crippen LogP contribution in [0.25, 0.3) is 0 Å². The summed E-state index contributed by atoms with van der Waals surface area (Å²) in [6.45, 7) is 20.0. The van der Waals surface area contributed by atoms with Crippen molar-refractivity contribution in [2.75, 3.05) is 13.2 Å². The van der Waals surface area contributed by atoms with Gasteiger partial charge in [-0.1, -0.05) is 45.0 Å². The summed E-state index contributed by atoms with van der Waals surface area (Å²) >= 11 is 0. The van der Waals surface area contributed by atoms with Gasteiger partial charge in [-0.2, -0.15) is 0 Å². The van der Waals surface area contributed by atoms with Gasteiger partial charge in [0.25, 0.3) is 0 Å². The Hall–Kier alpha value is -1.69. The van der Waals surface area contributed by atoms with Crippen LogP contribution < -0.4 is 0 Å². The number of carbonyl (C=O) groups is 2. The van der Waals surface area contributed by atoms with Gasteiger partial charge >= 0.3 is 11.9 Å². The molecule has 40 heavy (non-hydrogen) atoms. The van der Waals surface area contributed by atoms with Crippen molar-refractivity contribution < 1.29 is 24.3 Å². The molecule has 5 fully saturated rings. The van der Waals surface area contributed by atoms with Crippen LogP contribution >= 0.6 is 0 Å². The van der Waals surface area contributed by atoms with Crippen LogP contribution in [0.3, 0.4) is 0 Å². The van der Waals surface area contributed by atoms with Crippen LogP contribution in [-0.2, 0) is 19.2 Å². The summed E-state index contributed by atoms with van der Waals surface area (Å²) < 4.78 is 5.70. The zero-order valence-electron chi connectivity index (χ0n) is 26.1. The number of aliphatic hydroxyl groups excluding tert-OH is 1. The highest BCUT2D eigenvalue weighted by molar-refractivity contribution is 5.91. The van der Waals surface area contributed by atoms with Crippen LogP contribution in [0, 0.1) is 56.7 Å². The van der Waals surface area contributed by atoms with E-state index in [0.717, 1.165) is 44.2 Å². The standard InChI is InChI=1S/C34H53NO5/c1-21(2)24-11-16-34(19-36)18-17-32(7)25(29(24)34)9-10-27-30(5)14-13-28(35-40-23(4)38)31(6,20-39-22(3)37)26(30)12-15-33(27,32)8/h24-27,29,36H,1,9-20H2,2-8H3/t24-,25+,26+,27+,29+,30-,31-,32+,33+,34+/m0/s1. The number of rotatable bonds is 5. The van der Waals surface area contributed by atoms with E-state index in [2.05, 4.69) is 46.4 Å². The largest absolute Gasteiger partial charge is 0.465 e. The van der Waals surface area contributed by atoms with Gasteiger partial charge in [0.05, 0.1) is 5.71 Å². The highest BCUT2D eigenvalue weighted by Crippen LogP contribution is 2.77. The fraction of sp³-hybridized carbons (Fsp3) is 0.853. The summed E-state index contributed by atoms with van der Waals surface area (Å²) in [5.74, 6) is 1.79. The maximum Gasteiger partial charge on any atom is 0.331 e. The first-order valence-corrected chi connectivity index (χ1v) is 15.8. The summed E-state index contributed by atoms with van der Waals surface area (Å²) in [4.78, 5) is 28.8. The van der Waals surface area contributed by atoms with Gasteiger partial charge in [-0.3, -0.25) is 4.79 Å². The Bertz CT molecular complexity index is 1100. The molecule has 0 aromatic heterocycles. The molecule has 0 aromatic rings. The average molecular weight is 556 g/mol. The van der Waals surface area contributed by atoms with Crippen LogP contribution in [0.5, 0.6) is 0 Å². The minimum absolute atomic E-state index is 0.0631. The minimum Gasteiger partial charge on any atom is -0.465 e. The molecular weight excluding hydrogens is 502 g/mol. The van der Waals surface area contributed by atoms with Gasteiger partial charge < -0.3 is 14.7 Å². The Kier molecular flexibility index (Phi) is 7.41. The number of aliphatic hydroxyl groups is 1. The zero-order valence-corrected chi connectivity index (χ0v) is 26.1. The van der Waals surface area contributed by atoms with Crippen molar-refractivity contribution in [3.63, 3.8) is 0 Å². The van der Waals surface area contributed by atoms with Gasteiger partial charge in [0.2, 0.25) is 0 Å². The number of esters is 1. The Balaban J connectivity index is 1.52. The second-order valence-corrected chi connectivity index (χ2v) is 15.5. The van der Waals surface area contributed by atoms with Gasteiger partial charge in [-0.05, 0) is 122 Å². The molecule has 6 nitrogen and oxygen atoms in total. The van der Waals surface area contributed by atoms with Crippen LogP contribution in [0.2, 0.25) is 0 Å². The van der Waals surface area contributed by atoms with Crippen LogP contribution in [-0.4, -0.2) is 36.0 Å². The molecule has 0 radical (unpaired) electrons. The summed E-state index contributed by atoms with van der Waals surface area (Å²) in [5, 5.41) is 15.1. The third kappa shape index (κ3) is 4.08. The lowest BCUT2D eigenvalue weighted by Gasteiger charge is -2.72. The second-order valence-electron chi connectivity index (χ2n) is 15.5. The van der Waals surface area contributed by atoms with E-state index in [1.807, 2.05) is 0 Å². The number of carbonyl (C=O) groups excluding carboxylic acids is 2. The molecule has 224 valence electrons. The summed E-state index contributed by atoms with van der Waals surface area (Å²) in [6.07, 6.45) is 11.0. The maximum absolute atomic E-state index is 12.0. The molecule has 1 N–H and O–H groups in total. The highest BCUT2D eigenvalue weighted by Gasteiger charge is 2.71. The first-order chi connectivity index (χ1) is 18.7. The van der Waals surface area contributed by atoms with Crippen molar-refractivity contribution in [1.82, 2.24) is 0 Å². The number of ether oxygens (including phenoxy) is 1. The molecule has 5 rings (SSSR count). The number of allylic oxidation sites excluding steroid dienone is 1. The van der Waals surface area contributed by atoms with Crippen LogP contribution in [0.4, 0.5) is 0 Å². The lowest BCUT2D eigenvalue weighted by Crippen LogP contribution is -2.67. The van der Waals surface area contributed by atoms with E-state index in [1.165, 1.54) is 45.1 Å². The molecule has 0 amide bonds. The third-order valence-corrected chi connectivity index (χ3v) is 14.0. The third-order valence-electron chi connectivity index (χ3n) is 14.0. The normalized spacial score (nSPS) is 48.8. The first-order valence-electron chi connectivity index (χ1n) is 15.8.